The fourth-order valence-electron chi connectivity index (χ4n) is 2.06. The van der Waals surface area contributed by atoms with Crippen LogP contribution in [-0.2, 0) is 0 Å². The summed E-state index contributed by atoms with van der Waals surface area (Å²) in [5.41, 5.74) is 1.54. The smallest absolute Gasteiger partial charge is 0.260 e. The molecule has 0 aliphatic heterocycles. The van der Waals surface area contributed by atoms with Gasteiger partial charge in [0.05, 0.1) is 11.3 Å². The first-order chi connectivity index (χ1) is 9.15. The van der Waals surface area contributed by atoms with Crippen molar-refractivity contribution >= 4 is 16.5 Å². The molecule has 0 radical (unpaired) electrons. The highest BCUT2D eigenvalue weighted by Gasteiger charge is 2.25. The monoisotopic (exact) mass is 275 g/mol. The first-order valence-electron chi connectivity index (χ1n) is 6.59. The summed E-state index contributed by atoms with van der Waals surface area (Å²) in [7, 11) is 0. The minimum absolute atomic E-state index is 0.0754. The molecule has 2 aromatic rings. The Kier molecular flexibility index (Phi) is 3.14. The molecule has 0 atom stereocenters. The van der Waals surface area contributed by atoms with Gasteiger partial charge in [-0.1, -0.05) is 0 Å². The first-order valence-corrected chi connectivity index (χ1v) is 7.46. The van der Waals surface area contributed by atoms with Crippen LogP contribution < -0.4 is 10.9 Å². The van der Waals surface area contributed by atoms with Crippen LogP contribution in [0.4, 0.5) is 5.13 Å². The van der Waals surface area contributed by atoms with E-state index in [1.807, 2.05) is 28.3 Å². The van der Waals surface area contributed by atoms with Gasteiger partial charge in [-0.2, -0.15) is 0 Å². The van der Waals surface area contributed by atoms with Crippen molar-refractivity contribution < 1.29 is 0 Å². The number of hydrogen-bond donors (Lipinski definition) is 1. The quantitative estimate of drug-likeness (QED) is 0.932. The Morgan fingerprint density at radius 3 is 2.95 bits per heavy atom. The van der Waals surface area contributed by atoms with Crippen LogP contribution >= 0.6 is 11.3 Å². The maximum atomic E-state index is 12.4. The zero-order chi connectivity index (χ0) is 13.4. The van der Waals surface area contributed by atoms with Gasteiger partial charge < -0.3 is 9.88 Å². The molecule has 19 heavy (non-hydrogen) atoms. The van der Waals surface area contributed by atoms with Crippen LogP contribution in [0.25, 0.3) is 11.3 Å². The zero-order valence-corrected chi connectivity index (χ0v) is 11.9. The molecule has 5 heteroatoms. The number of pyridine rings is 1. The van der Waals surface area contributed by atoms with Crippen molar-refractivity contribution in [3.8, 4) is 11.3 Å². The minimum atomic E-state index is 0.0754. The second-order valence-electron chi connectivity index (χ2n) is 5.20. The lowest BCUT2D eigenvalue weighted by Crippen LogP contribution is -2.19. The Morgan fingerprint density at radius 1 is 1.47 bits per heavy atom. The molecule has 0 unspecified atom stereocenters. The van der Waals surface area contributed by atoms with Crippen LogP contribution in [0.2, 0.25) is 0 Å². The molecule has 1 fully saturated rings. The molecule has 0 aromatic carbocycles. The fraction of sp³-hybridized carbons (Fsp3) is 0.429. The summed E-state index contributed by atoms with van der Waals surface area (Å²) in [4.78, 5) is 16.9. The third kappa shape index (κ3) is 2.56. The Bertz CT molecular complexity index is 640. The van der Waals surface area contributed by atoms with E-state index in [0.29, 0.717) is 17.6 Å². The number of thiazole rings is 1. The molecule has 1 aliphatic carbocycles. The van der Waals surface area contributed by atoms with Gasteiger partial charge in [0.1, 0.15) is 0 Å². The first kappa shape index (κ1) is 12.4. The van der Waals surface area contributed by atoms with Gasteiger partial charge in [0.15, 0.2) is 5.13 Å². The Morgan fingerprint density at radius 2 is 2.26 bits per heavy atom. The fourth-order valence-corrected chi connectivity index (χ4v) is 2.91. The van der Waals surface area contributed by atoms with Gasteiger partial charge in [-0.15, -0.1) is 11.3 Å². The highest BCUT2D eigenvalue weighted by Crippen LogP contribution is 2.33. The summed E-state index contributed by atoms with van der Waals surface area (Å²) in [5, 5.41) is 6.07. The van der Waals surface area contributed by atoms with Crippen molar-refractivity contribution in [2.75, 3.05) is 5.32 Å². The Hall–Kier alpha value is -1.62. The van der Waals surface area contributed by atoms with Gasteiger partial charge >= 0.3 is 0 Å². The van der Waals surface area contributed by atoms with E-state index in [0.717, 1.165) is 23.7 Å². The van der Waals surface area contributed by atoms with E-state index in [1.54, 1.807) is 11.3 Å². The molecule has 0 bridgehead atoms. The topological polar surface area (TPSA) is 46.9 Å². The average molecular weight is 275 g/mol. The van der Waals surface area contributed by atoms with E-state index in [1.165, 1.54) is 0 Å². The lowest BCUT2D eigenvalue weighted by molar-refractivity contribution is 0.709. The van der Waals surface area contributed by atoms with Crippen LogP contribution in [0.3, 0.4) is 0 Å². The zero-order valence-electron chi connectivity index (χ0n) is 11.1. The van der Waals surface area contributed by atoms with Crippen molar-refractivity contribution in [3.05, 3.63) is 34.1 Å². The molecule has 4 nitrogen and oxygen atoms in total. The molecule has 2 aromatic heterocycles. The van der Waals surface area contributed by atoms with E-state index in [2.05, 4.69) is 24.1 Å². The lowest BCUT2D eigenvalue weighted by Gasteiger charge is -2.05. The predicted octanol–water partition coefficient (Wildman–Crippen LogP) is 3.13. The molecule has 0 amide bonds. The third-order valence-corrected chi connectivity index (χ3v) is 3.88. The van der Waals surface area contributed by atoms with Crippen LogP contribution in [0.5, 0.6) is 0 Å². The molecular weight excluding hydrogens is 258 g/mol. The molecule has 1 N–H and O–H groups in total. The number of rotatable bonds is 4. The largest absolute Gasteiger partial charge is 0.359 e. The highest BCUT2D eigenvalue weighted by atomic mass is 32.1. The molecule has 1 aliphatic rings. The summed E-state index contributed by atoms with van der Waals surface area (Å²) < 4.78 is 1.84. The van der Waals surface area contributed by atoms with Crippen LogP contribution in [0.1, 0.15) is 32.7 Å². The van der Waals surface area contributed by atoms with Gasteiger partial charge in [-0.05, 0) is 38.8 Å². The van der Waals surface area contributed by atoms with E-state index < -0.39 is 0 Å². The van der Waals surface area contributed by atoms with Crippen LogP contribution in [0, 0.1) is 0 Å². The summed E-state index contributed by atoms with van der Waals surface area (Å²) in [5.74, 6) is 0. The normalized spacial score (nSPS) is 14.9. The Labute approximate surface area is 116 Å². The van der Waals surface area contributed by atoms with Crippen LogP contribution in [0.15, 0.2) is 28.5 Å². The molecule has 0 saturated heterocycles. The van der Waals surface area contributed by atoms with Crippen molar-refractivity contribution in [3.63, 3.8) is 0 Å². The number of nitrogens with zero attached hydrogens (tertiary/aromatic N) is 2. The van der Waals surface area contributed by atoms with E-state index in [9.17, 15) is 4.79 Å². The highest BCUT2D eigenvalue weighted by molar-refractivity contribution is 7.14. The van der Waals surface area contributed by atoms with E-state index in [4.69, 9.17) is 0 Å². The van der Waals surface area contributed by atoms with Gasteiger partial charge in [0.25, 0.3) is 5.56 Å². The molecule has 0 spiro atoms. The van der Waals surface area contributed by atoms with Crippen molar-refractivity contribution in [1.82, 2.24) is 9.55 Å². The second kappa shape index (κ2) is 4.81. The second-order valence-corrected chi connectivity index (χ2v) is 6.06. The summed E-state index contributed by atoms with van der Waals surface area (Å²) >= 11 is 1.54. The maximum absolute atomic E-state index is 12.4. The standard InChI is InChI=1S/C14H17N3OS/c1-9(2)15-14-16-12(8-19-14)11-4-3-7-17(13(11)18)10-5-6-10/h3-4,7-10H,5-6H2,1-2H3,(H,15,16). The number of aromatic nitrogens is 2. The maximum Gasteiger partial charge on any atom is 0.260 e. The molecule has 1 saturated carbocycles. The summed E-state index contributed by atoms with van der Waals surface area (Å²) in [6.07, 6.45) is 4.10. The van der Waals surface area contributed by atoms with Crippen LogP contribution in [-0.4, -0.2) is 15.6 Å². The summed E-state index contributed by atoms with van der Waals surface area (Å²) in [6, 6.07) is 4.54. The minimum Gasteiger partial charge on any atom is -0.359 e. The van der Waals surface area contributed by atoms with Gasteiger partial charge in [0.2, 0.25) is 0 Å². The van der Waals surface area contributed by atoms with Gasteiger partial charge in [-0.25, -0.2) is 4.98 Å². The lowest BCUT2D eigenvalue weighted by atomic mass is 10.2. The average Bonchev–Trinajstić information content (AvgIpc) is 3.10. The Balaban J connectivity index is 1.95. The van der Waals surface area contributed by atoms with E-state index in [-0.39, 0.29) is 5.56 Å². The predicted molar refractivity (Wildman–Crippen MR) is 78.8 cm³/mol. The van der Waals surface area contributed by atoms with Crippen molar-refractivity contribution in [2.24, 2.45) is 0 Å². The van der Waals surface area contributed by atoms with Crippen molar-refractivity contribution in [1.29, 1.82) is 0 Å². The molecular formula is C14H17N3OS. The molecule has 3 rings (SSSR count). The third-order valence-electron chi connectivity index (χ3n) is 3.11. The van der Waals surface area contributed by atoms with Gasteiger partial charge in [0, 0.05) is 23.7 Å². The molecule has 2 heterocycles. The van der Waals surface area contributed by atoms with Crippen molar-refractivity contribution in [2.45, 2.75) is 38.8 Å². The molecule has 100 valence electrons. The number of nitrogens with one attached hydrogen (secondary N) is 1. The van der Waals surface area contributed by atoms with E-state index >= 15 is 0 Å². The van der Waals surface area contributed by atoms with Gasteiger partial charge in [-0.3, -0.25) is 4.79 Å². The SMILES string of the molecule is CC(C)Nc1nc(-c2cccn(C3CC3)c2=O)cs1. The number of hydrogen-bond acceptors (Lipinski definition) is 4. The summed E-state index contributed by atoms with van der Waals surface area (Å²) in [6.45, 7) is 4.15. The number of anilines is 1.